The number of benzene rings is 1. The molecule has 2 aliphatic heterocycles. The molecule has 0 atom stereocenters. The second-order valence-corrected chi connectivity index (χ2v) is 4.23. The zero-order valence-electron chi connectivity index (χ0n) is 10.2. The first-order chi connectivity index (χ1) is 9.31. The van der Waals surface area contributed by atoms with Crippen LogP contribution in [0.2, 0.25) is 0 Å². The molecule has 0 bridgehead atoms. The maximum atomic E-state index is 12.5. The monoisotopic (exact) mass is 262 g/mol. The average molecular weight is 262 g/mol. The molecule has 6 heteroatoms. The summed E-state index contributed by atoms with van der Waals surface area (Å²) in [4.78, 5) is 25.1. The molecule has 1 aromatic carbocycles. The molecule has 99 valence electrons. The van der Waals surface area contributed by atoms with E-state index in [1.54, 1.807) is 17.3 Å². The lowest BCUT2D eigenvalue weighted by molar-refractivity contribution is 0.0300. The number of fused-ring (bicyclic) bond motifs is 1. The third-order valence-corrected chi connectivity index (χ3v) is 3.16. The molecule has 0 aromatic heterocycles. The number of carbonyl (C=O) groups excluding carboxylic acids is 2. The summed E-state index contributed by atoms with van der Waals surface area (Å²) in [6.45, 7) is 2.06. The Labute approximate surface area is 109 Å². The summed E-state index contributed by atoms with van der Waals surface area (Å²) in [6.07, 6.45) is 1.78. The van der Waals surface area contributed by atoms with Crippen LogP contribution >= 0.6 is 0 Å². The Morgan fingerprint density at radius 1 is 1.21 bits per heavy atom. The summed E-state index contributed by atoms with van der Waals surface area (Å²) in [5, 5.41) is 0. The molecule has 1 aromatic rings. The van der Waals surface area contributed by atoms with Crippen LogP contribution < -0.4 is 9.47 Å². The highest BCUT2D eigenvalue weighted by Crippen LogP contribution is 2.37. The van der Waals surface area contributed by atoms with Crippen LogP contribution in [0, 0.1) is 0 Å². The SMILES string of the molecule is O=[C]c1ccc2c(c1C(=O)N1CCOCC1)OCO2. The number of hydrogen-bond donors (Lipinski definition) is 0. The van der Waals surface area contributed by atoms with E-state index in [-0.39, 0.29) is 23.8 Å². The fraction of sp³-hybridized carbons (Fsp3) is 0.385. The van der Waals surface area contributed by atoms with Gasteiger partial charge in [0.15, 0.2) is 11.5 Å². The molecule has 2 heterocycles. The van der Waals surface area contributed by atoms with Crippen molar-refractivity contribution in [3.05, 3.63) is 23.3 Å². The summed E-state index contributed by atoms with van der Waals surface area (Å²) in [5.41, 5.74) is 0.424. The summed E-state index contributed by atoms with van der Waals surface area (Å²) >= 11 is 0. The van der Waals surface area contributed by atoms with E-state index >= 15 is 0 Å². The van der Waals surface area contributed by atoms with E-state index in [4.69, 9.17) is 14.2 Å². The average Bonchev–Trinajstić information content (AvgIpc) is 2.94. The minimum Gasteiger partial charge on any atom is -0.454 e. The van der Waals surface area contributed by atoms with Gasteiger partial charge in [-0.1, -0.05) is 0 Å². The fourth-order valence-corrected chi connectivity index (χ4v) is 2.19. The number of hydrogen-bond acceptors (Lipinski definition) is 5. The first-order valence-corrected chi connectivity index (χ1v) is 5.99. The Bertz CT molecular complexity index is 522. The van der Waals surface area contributed by atoms with Crippen LogP contribution in [0.25, 0.3) is 0 Å². The van der Waals surface area contributed by atoms with Crippen LogP contribution in [-0.2, 0) is 9.53 Å². The molecule has 3 rings (SSSR count). The van der Waals surface area contributed by atoms with Crippen molar-refractivity contribution < 1.29 is 23.8 Å². The molecule has 19 heavy (non-hydrogen) atoms. The second kappa shape index (κ2) is 4.89. The normalized spacial score (nSPS) is 17.4. The number of nitrogens with zero attached hydrogens (tertiary/aromatic N) is 1. The Morgan fingerprint density at radius 2 is 2.00 bits per heavy atom. The zero-order chi connectivity index (χ0) is 13.2. The van der Waals surface area contributed by atoms with Gasteiger partial charge >= 0.3 is 0 Å². The van der Waals surface area contributed by atoms with Crippen molar-refractivity contribution in [2.24, 2.45) is 0 Å². The van der Waals surface area contributed by atoms with Gasteiger partial charge in [0.25, 0.3) is 5.91 Å². The third-order valence-electron chi connectivity index (χ3n) is 3.16. The van der Waals surface area contributed by atoms with Crippen LogP contribution in [0.3, 0.4) is 0 Å². The molecular formula is C13H12NO5. The highest BCUT2D eigenvalue weighted by molar-refractivity contribution is 6.04. The van der Waals surface area contributed by atoms with Gasteiger partial charge in [0.2, 0.25) is 13.1 Å². The van der Waals surface area contributed by atoms with Crippen molar-refractivity contribution in [3.63, 3.8) is 0 Å². The highest BCUT2D eigenvalue weighted by Gasteiger charge is 2.29. The summed E-state index contributed by atoms with van der Waals surface area (Å²) < 4.78 is 15.7. The second-order valence-electron chi connectivity index (χ2n) is 4.23. The molecule has 1 amide bonds. The fourth-order valence-electron chi connectivity index (χ4n) is 2.19. The van der Waals surface area contributed by atoms with Gasteiger partial charge in [0.05, 0.1) is 18.8 Å². The zero-order valence-corrected chi connectivity index (χ0v) is 10.2. The number of rotatable bonds is 2. The number of carbonyl (C=O) groups is 1. The topological polar surface area (TPSA) is 65.1 Å². The summed E-state index contributed by atoms with van der Waals surface area (Å²) in [5.74, 6) is 0.567. The minimum atomic E-state index is -0.246. The van der Waals surface area contributed by atoms with E-state index in [0.717, 1.165) is 0 Å². The predicted molar refractivity (Wildman–Crippen MR) is 64.1 cm³/mol. The van der Waals surface area contributed by atoms with Crippen LogP contribution in [0.15, 0.2) is 12.1 Å². The summed E-state index contributed by atoms with van der Waals surface area (Å²) in [7, 11) is 0. The third kappa shape index (κ3) is 2.04. The molecule has 0 N–H and O–H groups in total. The van der Waals surface area contributed by atoms with E-state index in [1.165, 1.54) is 6.07 Å². The molecule has 0 saturated carbocycles. The molecule has 1 fully saturated rings. The van der Waals surface area contributed by atoms with Crippen molar-refractivity contribution in [2.75, 3.05) is 33.1 Å². The van der Waals surface area contributed by atoms with Gasteiger partial charge in [-0.15, -0.1) is 0 Å². The first kappa shape index (κ1) is 12.0. The Hall–Kier alpha value is -2.08. The number of amides is 1. The molecule has 1 saturated heterocycles. The van der Waals surface area contributed by atoms with E-state index < -0.39 is 0 Å². The highest BCUT2D eigenvalue weighted by atomic mass is 16.7. The molecular weight excluding hydrogens is 250 g/mol. The predicted octanol–water partition coefficient (Wildman–Crippen LogP) is 0.346. The quantitative estimate of drug-likeness (QED) is 0.769. The van der Waals surface area contributed by atoms with Crippen molar-refractivity contribution >= 4 is 12.2 Å². The molecule has 0 aliphatic carbocycles. The lowest BCUT2D eigenvalue weighted by atomic mass is 10.0. The maximum absolute atomic E-state index is 12.5. The van der Waals surface area contributed by atoms with Crippen LogP contribution in [0.4, 0.5) is 0 Å². The van der Waals surface area contributed by atoms with Crippen molar-refractivity contribution in [3.8, 4) is 11.5 Å². The standard InChI is InChI=1S/C13H12NO5/c15-7-9-1-2-10-12(19-8-18-10)11(9)13(16)14-3-5-17-6-4-14/h1-2H,3-6,8H2. The van der Waals surface area contributed by atoms with Crippen LogP contribution in [-0.4, -0.2) is 50.2 Å². The van der Waals surface area contributed by atoms with E-state index in [9.17, 15) is 9.59 Å². The Balaban J connectivity index is 2.00. The molecule has 2 aliphatic rings. The van der Waals surface area contributed by atoms with Crippen LogP contribution in [0.5, 0.6) is 11.5 Å². The van der Waals surface area contributed by atoms with Crippen LogP contribution in [0.1, 0.15) is 15.9 Å². The van der Waals surface area contributed by atoms with E-state index in [0.29, 0.717) is 37.8 Å². The lowest BCUT2D eigenvalue weighted by Crippen LogP contribution is -2.41. The Morgan fingerprint density at radius 3 is 2.74 bits per heavy atom. The minimum absolute atomic E-state index is 0.0566. The molecule has 6 nitrogen and oxygen atoms in total. The van der Waals surface area contributed by atoms with Gasteiger partial charge in [0.1, 0.15) is 0 Å². The Kier molecular flexibility index (Phi) is 3.08. The first-order valence-electron chi connectivity index (χ1n) is 5.99. The lowest BCUT2D eigenvalue weighted by Gasteiger charge is -2.27. The van der Waals surface area contributed by atoms with Gasteiger partial charge in [-0.25, -0.2) is 0 Å². The maximum Gasteiger partial charge on any atom is 0.258 e. The number of morpholine rings is 1. The largest absolute Gasteiger partial charge is 0.454 e. The van der Waals surface area contributed by atoms with Crippen molar-refractivity contribution in [1.82, 2.24) is 4.90 Å². The molecule has 0 unspecified atom stereocenters. The van der Waals surface area contributed by atoms with Crippen molar-refractivity contribution in [2.45, 2.75) is 0 Å². The molecule has 0 spiro atoms. The van der Waals surface area contributed by atoms with E-state index in [2.05, 4.69) is 0 Å². The molecule has 1 radical (unpaired) electrons. The van der Waals surface area contributed by atoms with Gasteiger partial charge in [0, 0.05) is 18.7 Å². The van der Waals surface area contributed by atoms with Gasteiger partial charge in [-0.05, 0) is 12.1 Å². The smallest absolute Gasteiger partial charge is 0.258 e. The van der Waals surface area contributed by atoms with E-state index in [1.807, 2.05) is 0 Å². The van der Waals surface area contributed by atoms with Gasteiger partial charge in [-0.2, -0.15) is 0 Å². The van der Waals surface area contributed by atoms with Gasteiger partial charge < -0.3 is 19.1 Å². The summed E-state index contributed by atoms with van der Waals surface area (Å²) in [6, 6.07) is 3.13. The van der Waals surface area contributed by atoms with Gasteiger partial charge in [-0.3, -0.25) is 9.59 Å². The number of ether oxygens (including phenoxy) is 3. The van der Waals surface area contributed by atoms with Crippen molar-refractivity contribution in [1.29, 1.82) is 0 Å².